The Labute approximate surface area is 83.7 Å². The van der Waals surface area contributed by atoms with Gasteiger partial charge in [-0.1, -0.05) is 24.6 Å². The van der Waals surface area contributed by atoms with Gasteiger partial charge >= 0.3 is 0 Å². The largest absolute Gasteiger partial charge is 0.490 e. The fraction of sp³-hybridized carbons (Fsp3) is 0.455. The molecule has 0 amide bonds. The number of rotatable bonds is 3. The van der Waals surface area contributed by atoms with Gasteiger partial charge in [0, 0.05) is 10.6 Å². The molecule has 2 rings (SSSR count). The summed E-state index contributed by atoms with van der Waals surface area (Å²) in [6.45, 7) is 2.10. The van der Waals surface area contributed by atoms with Crippen molar-refractivity contribution in [3.63, 3.8) is 0 Å². The monoisotopic (exact) mass is 196 g/mol. The average molecular weight is 197 g/mol. The molecule has 70 valence electrons. The third-order valence-corrected chi connectivity index (χ3v) is 2.60. The van der Waals surface area contributed by atoms with Crippen LogP contribution in [0.4, 0.5) is 0 Å². The number of hydrogen-bond donors (Lipinski definition) is 0. The number of hydrogen-bond acceptors (Lipinski definition) is 1. The molecule has 1 aromatic rings. The predicted octanol–water partition coefficient (Wildman–Crippen LogP) is 3.44. The summed E-state index contributed by atoms with van der Waals surface area (Å²) in [7, 11) is 0. The smallest absolute Gasteiger partial charge is 0.124 e. The first-order valence-electron chi connectivity index (χ1n) is 4.75. The van der Waals surface area contributed by atoms with Crippen LogP contribution >= 0.6 is 11.6 Å². The topological polar surface area (TPSA) is 9.23 Å². The molecule has 1 aliphatic carbocycles. The summed E-state index contributed by atoms with van der Waals surface area (Å²) in [5.74, 6) is 0.970. The maximum Gasteiger partial charge on any atom is 0.124 e. The Morgan fingerprint density at radius 3 is 2.85 bits per heavy atom. The van der Waals surface area contributed by atoms with E-state index in [1.165, 1.54) is 12.8 Å². The van der Waals surface area contributed by atoms with Crippen molar-refractivity contribution < 1.29 is 4.74 Å². The van der Waals surface area contributed by atoms with Crippen LogP contribution < -0.4 is 4.74 Å². The summed E-state index contributed by atoms with van der Waals surface area (Å²) < 4.78 is 5.74. The quantitative estimate of drug-likeness (QED) is 0.720. The lowest BCUT2D eigenvalue weighted by Gasteiger charge is -2.10. The van der Waals surface area contributed by atoms with Gasteiger partial charge in [0.15, 0.2) is 0 Å². The van der Waals surface area contributed by atoms with Gasteiger partial charge in [0.05, 0.1) is 6.10 Å². The summed E-state index contributed by atoms with van der Waals surface area (Å²) in [4.78, 5) is 0. The van der Waals surface area contributed by atoms with E-state index in [0.29, 0.717) is 6.10 Å². The van der Waals surface area contributed by atoms with Gasteiger partial charge in [-0.3, -0.25) is 0 Å². The molecule has 0 bridgehead atoms. The standard InChI is InChI=1S/C11H13ClO/c1-2-9-10(12)4-3-5-11(9)13-8-6-7-8/h3-5,8H,2,6-7H2,1H3. The van der Waals surface area contributed by atoms with Crippen LogP contribution in [0, 0.1) is 0 Å². The Kier molecular flexibility index (Phi) is 2.45. The van der Waals surface area contributed by atoms with Crippen LogP contribution in [0.2, 0.25) is 5.02 Å². The molecule has 1 saturated carbocycles. The fourth-order valence-corrected chi connectivity index (χ4v) is 1.66. The first-order valence-corrected chi connectivity index (χ1v) is 5.13. The van der Waals surface area contributed by atoms with E-state index in [1.54, 1.807) is 0 Å². The Morgan fingerprint density at radius 2 is 2.23 bits per heavy atom. The molecule has 1 nitrogen and oxygen atoms in total. The molecule has 0 aromatic heterocycles. The van der Waals surface area contributed by atoms with Crippen molar-refractivity contribution >= 4 is 11.6 Å². The normalized spacial score (nSPS) is 15.8. The van der Waals surface area contributed by atoms with Crippen molar-refractivity contribution in [2.75, 3.05) is 0 Å². The molecule has 1 aliphatic rings. The second kappa shape index (κ2) is 3.59. The second-order valence-electron chi connectivity index (χ2n) is 3.39. The zero-order valence-corrected chi connectivity index (χ0v) is 8.47. The highest BCUT2D eigenvalue weighted by Crippen LogP contribution is 2.32. The summed E-state index contributed by atoms with van der Waals surface area (Å²) in [6, 6.07) is 5.86. The molecule has 13 heavy (non-hydrogen) atoms. The first-order chi connectivity index (χ1) is 6.31. The lowest BCUT2D eigenvalue weighted by Crippen LogP contribution is -1.99. The highest BCUT2D eigenvalue weighted by atomic mass is 35.5. The van der Waals surface area contributed by atoms with E-state index < -0.39 is 0 Å². The molecule has 0 heterocycles. The van der Waals surface area contributed by atoms with Crippen molar-refractivity contribution in [1.29, 1.82) is 0 Å². The van der Waals surface area contributed by atoms with Crippen LogP contribution in [0.1, 0.15) is 25.3 Å². The lowest BCUT2D eigenvalue weighted by molar-refractivity contribution is 0.300. The maximum atomic E-state index is 6.05. The van der Waals surface area contributed by atoms with E-state index in [9.17, 15) is 0 Å². The van der Waals surface area contributed by atoms with Crippen molar-refractivity contribution in [2.45, 2.75) is 32.3 Å². The number of halogens is 1. The van der Waals surface area contributed by atoms with Gasteiger partial charge in [0.25, 0.3) is 0 Å². The first kappa shape index (κ1) is 8.89. The molecule has 1 fully saturated rings. The fourth-order valence-electron chi connectivity index (χ4n) is 1.36. The number of benzene rings is 1. The van der Waals surface area contributed by atoms with Crippen LogP contribution in [0.25, 0.3) is 0 Å². The zero-order valence-electron chi connectivity index (χ0n) is 7.72. The third kappa shape index (κ3) is 1.97. The van der Waals surface area contributed by atoms with E-state index in [-0.39, 0.29) is 0 Å². The number of ether oxygens (including phenoxy) is 1. The van der Waals surface area contributed by atoms with Crippen molar-refractivity contribution in [3.05, 3.63) is 28.8 Å². The van der Waals surface area contributed by atoms with Crippen LogP contribution in [0.3, 0.4) is 0 Å². The zero-order chi connectivity index (χ0) is 9.26. The van der Waals surface area contributed by atoms with E-state index in [0.717, 1.165) is 22.8 Å². The molecule has 0 N–H and O–H groups in total. The highest BCUT2D eigenvalue weighted by Gasteiger charge is 2.24. The maximum absolute atomic E-state index is 6.05. The lowest BCUT2D eigenvalue weighted by atomic mass is 10.1. The van der Waals surface area contributed by atoms with Gasteiger partial charge in [0.1, 0.15) is 5.75 Å². The predicted molar refractivity (Wildman–Crippen MR) is 54.5 cm³/mol. The molecular weight excluding hydrogens is 184 g/mol. The van der Waals surface area contributed by atoms with Gasteiger partial charge in [-0.15, -0.1) is 0 Å². The molecule has 0 radical (unpaired) electrons. The van der Waals surface area contributed by atoms with E-state index in [1.807, 2.05) is 18.2 Å². The minimum Gasteiger partial charge on any atom is -0.490 e. The molecule has 0 unspecified atom stereocenters. The average Bonchev–Trinajstić information content (AvgIpc) is 2.89. The van der Waals surface area contributed by atoms with Gasteiger partial charge < -0.3 is 4.74 Å². The summed E-state index contributed by atoms with van der Waals surface area (Å²) in [5.41, 5.74) is 1.14. The summed E-state index contributed by atoms with van der Waals surface area (Å²) >= 11 is 6.05. The SMILES string of the molecule is CCc1c(Cl)cccc1OC1CC1. The van der Waals surface area contributed by atoms with E-state index in [4.69, 9.17) is 16.3 Å². The Bertz CT molecular complexity index is 305. The minimum atomic E-state index is 0.448. The van der Waals surface area contributed by atoms with E-state index >= 15 is 0 Å². The van der Waals surface area contributed by atoms with Crippen LogP contribution in [0.15, 0.2) is 18.2 Å². The van der Waals surface area contributed by atoms with Crippen LogP contribution in [-0.4, -0.2) is 6.10 Å². The molecule has 0 aliphatic heterocycles. The third-order valence-electron chi connectivity index (χ3n) is 2.25. The van der Waals surface area contributed by atoms with Crippen LogP contribution in [-0.2, 0) is 6.42 Å². The second-order valence-corrected chi connectivity index (χ2v) is 3.79. The van der Waals surface area contributed by atoms with Gasteiger partial charge in [-0.2, -0.15) is 0 Å². The van der Waals surface area contributed by atoms with E-state index in [2.05, 4.69) is 6.92 Å². The molecule has 2 heteroatoms. The van der Waals surface area contributed by atoms with Gasteiger partial charge in [-0.05, 0) is 31.4 Å². The summed E-state index contributed by atoms with van der Waals surface area (Å²) in [5, 5.41) is 0.820. The Morgan fingerprint density at radius 1 is 1.46 bits per heavy atom. The molecule has 0 atom stereocenters. The van der Waals surface area contributed by atoms with Crippen LogP contribution in [0.5, 0.6) is 5.75 Å². The van der Waals surface area contributed by atoms with Gasteiger partial charge in [0.2, 0.25) is 0 Å². The summed E-state index contributed by atoms with van der Waals surface area (Å²) in [6.07, 6.45) is 3.76. The minimum absolute atomic E-state index is 0.448. The molecule has 1 aromatic carbocycles. The Balaban J connectivity index is 2.25. The van der Waals surface area contributed by atoms with Gasteiger partial charge in [-0.25, -0.2) is 0 Å². The molecule has 0 saturated heterocycles. The van der Waals surface area contributed by atoms with Crippen molar-refractivity contribution in [3.8, 4) is 5.75 Å². The van der Waals surface area contributed by atoms with Crippen molar-refractivity contribution in [2.24, 2.45) is 0 Å². The molecular formula is C11H13ClO. The highest BCUT2D eigenvalue weighted by molar-refractivity contribution is 6.31. The van der Waals surface area contributed by atoms with Crippen molar-refractivity contribution in [1.82, 2.24) is 0 Å². The Hall–Kier alpha value is -0.690. The molecule has 0 spiro atoms.